The van der Waals surface area contributed by atoms with Crippen molar-refractivity contribution < 1.29 is 0 Å². The van der Waals surface area contributed by atoms with E-state index in [4.69, 9.17) is 29.6 Å². The second-order valence-corrected chi connectivity index (χ2v) is 5.27. The fourth-order valence-electron chi connectivity index (χ4n) is 1.38. The molecule has 0 radical (unpaired) electrons. The minimum absolute atomic E-state index is 0.339. The maximum Gasteiger partial charge on any atom is 0.131 e. The largest absolute Gasteiger partial charge is 0.389 e. The van der Waals surface area contributed by atoms with Crippen LogP contribution in [0.5, 0.6) is 0 Å². The first kappa shape index (κ1) is 13.3. The van der Waals surface area contributed by atoms with Crippen LogP contribution >= 0.6 is 39.7 Å². The lowest BCUT2D eigenvalue weighted by Gasteiger charge is -2.09. The van der Waals surface area contributed by atoms with E-state index >= 15 is 0 Å². The number of benzene rings is 1. The number of rotatable bonds is 3. The molecule has 0 spiro atoms. The van der Waals surface area contributed by atoms with Crippen molar-refractivity contribution in [1.29, 1.82) is 0 Å². The van der Waals surface area contributed by atoms with Crippen molar-refractivity contribution in [3.63, 3.8) is 0 Å². The minimum Gasteiger partial charge on any atom is -0.389 e. The number of nitrogens with one attached hydrogen (secondary N) is 1. The predicted octanol–water partition coefficient (Wildman–Crippen LogP) is 3.88. The van der Waals surface area contributed by atoms with E-state index in [-0.39, 0.29) is 0 Å². The Labute approximate surface area is 123 Å². The van der Waals surface area contributed by atoms with E-state index < -0.39 is 0 Å². The van der Waals surface area contributed by atoms with E-state index in [1.165, 1.54) is 0 Å². The van der Waals surface area contributed by atoms with Crippen molar-refractivity contribution in [3.05, 3.63) is 51.6 Å². The third-order valence-electron chi connectivity index (χ3n) is 2.24. The third kappa shape index (κ3) is 3.19. The zero-order valence-corrected chi connectivity index (χ0v) is 12.3. The molecule has 0 atom stereocenters. The Morgan fingerprint density at radius 3 is 2.83 bits per heavy atom. The summed E-state index contributed by atoms with van der Waals surface area (Å²) < 4.78 is 0.898. The highest BCUT2D eigenvalue weighted by Crippen LogP contribution is 2.28. The third-order valence-corrected chi connectivity index (χ3v) is 3.40. The average Bonchev–Trinajstić information content (AvgIpc) is 2.34. The molecule has 0 saturated heterocycles. The van der Waals surface area contributed by atoms with Gasteiger partial charge in [0.25, 0.3) is 0 Å². The predicted molar refractivity (Wildman–Crippen MR) is 82.6 cm³/mol. The Morgan fingerprint density at radius 1 is 1.33 bits per heavy atom. The molecule has 0 amide bonds. The number of thiocarbonyl (C=S) groups is 1. The Bertz CT molecular complexity index is 604. The molecule has 2 rings (SSSR count). The van der Waals surface area contributed by atoms with Crippen molar-refractivity contribution in [2.75, 3.05) is 5.32 Å². The van der Waals surface area contributed by atoms with Crippen molar-refractivity contribution in [1.82, 2.24) is 4.98 Å². The zero-order chi connectivity index (χ0) is 13.1. The highest BCUT2D eigenvalue weighted by atomic mass is 79.9. The number of hydrogen-bond acceptors (Lipinski definition) is 3. The number of nitrogens with two attached hydrogens (primary N) is 1. The second kappa shape index (κ2) is 5.65. The van der Waals surface area contributed by atoms with Gasteiger partial charge in [-0.3, -0.25) is 0 Å². The van der Waals surface area contributed by atoms with E-state index in [9.17, 15) is 0 Å². The molecule has 0 aliphatic heterocycles. The number of halogens is 2. The molecule has 0 fully saturated rings. The van der Waals surface area contributed by atoms with Crippen molar-refractivity contribution in [2.45, 2.75) is 0 Å². The smallest absolute Gasteiger partial charge is 0.131 e. The first-order valence-corrected chi connectivity index (χ1v) is 6.62. The highest BCUT2D eigenvalue weighted by Gasteiger charge is 2.04. The topological polar surface area (TPSA) is 50.9 Å². The second-order valence-electron chi connectivity index (χ2n) is 3.54. The highest BCUT2D eigenvalue weighted by molar-refractivity contribution is 9.10. The fourth-order valence-corrected chi connectivity index (χ4v) is 2.03. The van der Waals surface area contributed by atoms with Crippen LogP contribution in [-0.2, 0) is 0 Å². The van der Waals surface area contributed by atoms with Gasteiger partial charge in [-0.05, 0) is 46.3 Å². The van der Waals surface area contributed by atoms with Crippen LogP contribution in [0.2, 0.25) is 5.02 Å². The van der Waals surface area contributed by atoms with Crippen molar-refractivity contribution in [2.24, 2.45) is 5.73 Å². The first-order valence-electron chi connectivity index (χ1n) is 5.04. The summed E-state index contributed by atoms with van der Waals surface area (Å²) in [5.41, 5.74) is 7.17. The SMILES string of the molecule is NC(=S)c1ccnc(Nc2cc(Cl)ccc2Br)c1. The van der Waals surface area contributed by atoms with Gasteiger partial charge in [0.15, 0.2) is 0 Å². The molecular formula is C12H9BrClN3S. The zero-order valence-electron chi connectivity index (χ0n) is 9.15. The first-order chi connectivity index (χ1) is 8.56. The maximum atomic E-state index is 5.94. The number of hydrogen-bond donors (Lipinski definition) is 2. The quantitative estimate of drug-likeness (QED) is 0.831. The number of anilines is 2. The van der Waals surface area contributed by atoms with Crippen molar-refractivity contribution >= 4 is 56.2 Å². The van der Waals surface area contributed by atoms with Gasteiger partial charge in [-0.15, -0.1) is 0 Å². The molecule has 1 heterocycles. The Hall–Kier alpha value is -1.17. The summed E-state index contributed by atoms with van der Waals surface area (Å²) in [6.45, 7) is 0. The lowest BCUT2D eigenvalue weighted by atomic mass is 10.2. The molecule has 0 bridgehead atoms. The van der Waals surface area contributed by atoms with Gasteiger partial charge in [-0.2, -0.15) is 0 Å². The molecule has 1 aromatic heterocycles. The van der Waals surface area contributed by atoms with Crippen LogP contribution in [0.4, 0.5) is 11.5 Å². The summed E-state index contributed by atoms with van der Waals surface area (Å²) >= 11 is 14.3. The lowest BCUT2D eigenvalue weighted by molar-refractivity contribution is 1.30. The van der Waals surface area contributed by atoms with Crippen LogP contribution in [0.1, 0.15) is 5.56 Å². The van der Waals surface area contributed by atoms with Gasteiger partial charge < -0.3 is 11.1 Å². The number of nitrogens with zero attached hydrogens (tertiary/aromatic N) is 1. The Balaban J connectivity index is 2.31. The van der Waals surface area contributed by atoms with E-state index in [1.807, 2.05) is 6.07 Å². The van der Waals surface area contributed by atoms with Crippen LogP contribution in [0, 0.1) is 0 Å². The molecule has 6 heteroatoms. The molecule has 3 N–H and O–H groups in total. The molecule has 3 nitrogen and oxygen atoms in total. The molecule has 0 aliphatic carbocycles. The normalized spacial score (nSPS) is 10.1. The van der Waals surface area contributed by atoms with Gasteiger partial charge in [0.2, 0.25) is 0 Å². The summed E-state index contributed by atoms with van der Waals surface area (Å²) in [6.07, 6.45) is 1.65. The van der Waals surface area contributed by atoms with Gasteiger partial charge in [-0.25, -0.2) is 4.98 Å². The number of pyridine rings is 1. The molecule has 0 saturated carbocycles. The van der Waals surface area contributed by atoms with Gasteiger partial charge in [-0.1, -0.05) is 23.8 Å². The van der Waals surface area contributed by atoms with Crippen LogP contribution in [0.3, 0.4) is 0 Å². The molecule has 18 heavy (non-hydrogen) atoms. The fraction of sp³-hybridized carbons (Fsp3) is 0. The summed E-state index contributed by atoms with van der Waals surface area (Å²) in [4.78, 5) is 4.54. The summed E-state index contributed by atoms with van der Waals surface area (Å²) in [5, 5.41) is 3.80. The van der Waals surface area contributed by atoms with Crippen LogP contribution in [0.15, 0.2) is 41.0 Å². The van der Waals surface area contributed by atoms with Crippen LogP contribution < -0.4 is 11.1 Å². The van der Waals surface area contributed by atoms with Gasteiger partial charge in [0.1, 0.15) is 10.8 Å². The summed E-state index contributed by atoms with van der Waals surface area (Å²) in [5.74, 6) is 0.656. The standard InChI is InChI=1S/C12H9BrClN3S/c13-9-2-1-8(14)6-10(9)17-11-5-7(12(15)18)3-4-16-11/h1-6H,(H2,15,18)(H,16,17). The summed E-state index contributed by atoms with van der Waals surface area (Å²) in [7, 11) is 0. The van der Waals surface area contributed by atoms with Gasteiger partial charge in [0.05, 0.1) is 5.69 Å². The van der Waals surface area contributed by atoms with E-state index in [0.717, 1.165) is 15.7 Å². The molecule has 2 aromatic rings. The van der Waals surface area contributed by atoms with Crippen LogP contribution in [0.25, 0.3) is 0 Å². The monoisotopic (exact) mass is 341 g/mol. The Kier molecular flexibility index (Phi) is 4.16. The molecule has 92 valence electrons. The molecule has 1 aromatic carbocycles. The number of aromatic nitrogens is 1. The van der Waals surface area contributed by atoms with E-state index in [1.54, 1.807) is 30.5 Å². The molecule has 0 unspecified atom stereocenters. The average molecular weight is 343 g/mol. The minimum atomic E-state index is 0.339. The Morgan fingerprint density at radius 2 is 2.11 bits per heavy atom. The van der Waals surface area contributed by atoms with Crippen LogP contribution in [-0.4, -0.2) is 9.97 Å². The maximum absolute atomic E-state index is 5.94. The van der Waals surface area contributed by atoms with E-state index in [2.05, 4.69) is 26.2 Å². The molecule has 0 aliphatic rings. The lowest BCUT2D eigenvalue weighted by Crippen LogP contribution is -2.09. The van der Waals surface area contributed by atoms with Gasteiger partial charge >= 0.3 is 0 Å². The van der Waals surface area contributed by atoms with Crippen molar-refractivity contribution in [3.8, 4) is 0 Å². The van der Waals surface area contributed by atoms with Gasteiger partial charge in [0, 0.05) is 21.3 Å². The molecular weight excluding hydrogens is 334 g/mol. The summed E-state index contributed by atoms with van der Waals surface area (Å²) in [6, 6.07) is 9.02. The van der Waals surface area contributed by atoms with E-state index in [0.29, 0.717) is 15.8 Å².